The minimum atomic E-state index is -3.67. The first-order valence-corrected chi connectivity index (χ1v) is 6.02. The summed E-state index contributed by atoms with van der Waals surface area (Å²) in [7, 11) is -0.389. The van der Waals surface area contributed by atoms with Crippen molar-refractivity contribution in [1.82, 2.24) is 0 Å². The Hall–Kier alpha value is 0.220. The molecule has 59 valence electrons. The summed E-state index contributed by atoms with van der Waals surface area (Å²) < 4.78 is 29.0. The van der Waals surface area contributed by atoms with E-state index >= 15 is 0 Å². The molecule has 0 N–H and O–H groups in total. The van der Waals surface area contributed by atoms with Crippen LogP contribution in [-0.4, -0.2) is 33.3 Å². The lowest BCUT2D eigenvalue weighted by Gasteiger charge is -2.09. The van der Waals surface area contributed by atoms with Crippen molar-refractivity contribution in [3.05, 3.63) is 0 Å². The summed E-state index contributed by atoms with van der Waals surface area (Å²) >= 11 is 0. The maximum atomic E-state index is 9.67. The molecule has 0 atom stereocenters. The van der Waals surface area contributed by atoms with Gasteiger partial charge in [-0.25, -0.2) is 0 Å². The number of hydrogen-bond acceptors (Lipinski definition) is 0. The molecule has 0 saturated carbocycles. The first-order chi connectivity index (χ1) is 3.73. The van der Waals surface area contributed by atoms with Gasteiger partial charge in [-0.15, -0.1) is 7.26 Å². The van der Waals surface area contributed by atoms with Gasteiger partial charge in [-0.3, -0.25) is 0 Å². The van der Waals surface area contributed by atoms with Crippen LogP contribution in [0.5, 0.6) is 0 Å². The molecule has 0 aliphatic heterocycles. The van der Waals surface area contributed by atoms with Crippen LogP contribution in [0.1, 0.15) is 0 Å². The van der Waals surface area contributed by atoms with Crippen LogP contribution in [0.3, 0.4) is 0 Å². The van der Waals surface area contributed by atoms with Gasteiger partial charge in [-0.05, 0) is 26.7 Å². The molecule has 0 fully saturated rings. The summed E-state index contributed by atoms with van der Waals surface area (Å²) in [5, 5.41) is 0. The van der Waals surface area contributed by atoms with Crippen LogP contribution in [0, 0.1) is 0 Å². The van der Waals surface area contributed by atoms with Gasteiger partial charge in [-0.2, -0.15) is 13.2 Å². The molecule has 4 heteroatoms. The molecular weight excluding hydrogens is 148 g/mol. The molecule has 0 aromatic rings. The van der Waals surface area contributed by atoms with Crippen LogP contribution in [0.15, 0.2) is 0 Å². The summed E-state index contributed by atoms with van der Waals surface area (Å²) in [6, 6.07) is 0. The summed E-state index contributed by atoms with van der Waals surface area (Å²) in [5.74, 6) is 0. The summed E-state index contributed by atoms with van der Waals surface area (Å²) in [6.45, 7) is 5.53. The predicted octanol–water partition coefficient (Wildman–Crippen LogP) is 2.70. The van der Waals surface area contributed by atoms with Gasteiger partial charge in [0.1, 0.15) is 0 Å². The predicted molar refractivity (Wildman–Crippen MR) is 37.7 cm³/mol. The molecule has 0 nitrogen and oxygen atoms in total. The van der Waals surface area contributed by atoms with E-state index < -0.39 is 6.68 Å². The fraction of sp³-hybridized carbons (Fsp3) is 1.00. The number of alkyl halides is 3. The maximum absolute atomic E-state index is 9.67. The molecule has 0 heterocycles. The third-order valence-corrected chi connectivity index (χ3v) is 0. The second-order valence-electron chi connectivity index (χ2n) is 2.93. The Labute approximate surface area is 54.8 Å². The van der Waals surface area contributed by atoms with Gasteiger partial charge < -0.3 is 0 Å². The Kier molecular flexibility index (Phi) is 6.69. The third-order valence-electron chi connectivity index (χ3n) is 0. The monoisotopic (exact) mass is 161 g/mol. The number of rotatable bonds is 0. The smallest absolute Gasteiger partial charge is 0.174 e. The van der Waals surface area contributed by atoms with Crippen LogP contribution in [0.4, 0.5) is 13.2 Å². The first kappa shape index (κ1) is 12.0. The number of hydrogen-bond donors (Lipinski definition) is 0. The Balaban J connectivity index is 0. The van der Waals surface area contributed by atoms with E-state index in [0.29, 0.717) is 0 Å². The maximum Gasteiger partial charge on any atom is 0.379 e. The second-order valence-corrected chi connectivity index (χ2v) is 8.30. The lowest BCUT2D eigenvalue weighted by Crippen LogP contribution is -1.74. The average molecular weight is 161 g/mol. The van der Waals surface area contributed by atoms with E-state index in [2.05, 4.69) is 26.7 Å². The van der Waals surface area contributed by atoms with Crippen LogP contribution < -0.4 is 0 Å². The van der Waals surface area contributed by atoms with Crippen LogP contribution in [0.25, 0.3) is 0 Å². The summed E-state index contributed by atoms with van der Waals surface area (Å²) in [4.78, 5) is 0. The van der Waals surface area contributed by atoms with E-state index in [-0.39, 0.29) is 7.26 Å². The van der Waals surface area contributed by atoms with Crippen molar-refractivity contribution in [2.75, 3.05) is 26.7 Å². The molecule has 0 spiro atoms. The third kappa shape index (κ3) is 6570. The Morgan fingerprint density at radius 2 is 0.889 bits per heavy atom. The SMILES string of the molecule is C[P](C)(C)C.FC(F)F. The molecule has 0 aromatic carbocycles. The van der Waals surface area contributed by atoms with Crippen molar-refractivity contribution in [2.24, 2.45) is 0 Å². The summed E-state index contributed by atoms with van der Waals surface area (Å²) in [6.07, 6.45) is 0. The highest BCUT2D eigenvalue weighted by Gasteiger charge is 1.91. The molecule has 0 rings (SSSR count). The minimum absolute atomic E-state index is 0.389. The Morgan fingerprint density at radius 1 is 0.889 bits per heavy atom. The van der Waals surface area contributed by atoms with E-state index in [1.807, 2.05) is 0 Å². The molecule has 1 radical (unpaired) electrons. The largest absolute Gasteiger partial charge is 0.379 e. The van der Waals surface area contributed by atoms with E-state index in [4.69, 9.17) is 0 Å². The fourth-order valence-corrected chi connectivity index (χ4v) is 0. The normalized spacial score (nSPS) is 10.7. The van der Waals surface area contributed by atoms with Crippen molar-refractivity contribution in [1.29, 1.82) is 0 Å². The van der Waals surface area contributed by atoms with E-state index in [1.54, 1.807) is 0 Å². The lowest BCUT2D eigenvalue weighted by atomic mass is 11.6. The zero-order valence-corrected chi connectivity index (χ0v) is 7.05. The van der Waals surface area contributed by atoms with Crippen molar-refractivity contribution in [3.8, 4) is 0 Å². The van der Waals surface area contributed by atoms with E-state index in [9.17, 15) is 13.2 Å². The zero-order valence-electron chi connectivity index (χ0n) is 6.16. The molecule has 0 aliphatic rings. The topological polar surface area (TPSA) is 0 Å². The van der Waals surface area contributed by atoms with Gasteiger partial charge in [0.2, 0.25) is 0 Å². The minimum Gasteiger partial charge on any atom is -0.174 e. The standard InChI is InChI=1S/C4H12P.CHF3/c1-5(2,3)4;2-1(3)4/h1-4H3;1H. The molecule has 0 saturated heterocycles. The van der Waals surface area contributed by atoms with Crippen LogP contribution >= 0.6 is 7.26 Å². The van der Waals surface area contributed by atoms with Gasteiger partial charge in [0.25, 0.3) is 0 Å². The van der Waals surface area contributed by atoms with Crippen molar-refractivity contribution < 1.29 is 13.2 Å². The fourth-order valence-electron chi connectivity index (χ4n) is 0. The molecule has 0 amide bonds. The molecule has 0 aliphatic carbocycles. The highest BCUT2D eigenvalue weighted by Crippen LogP contribution is 2.40. The molecule has 0 bridgehead atoms. The van der Waals surface area contributed by atoms with Gasteiger partial charge in [0, 0.05) is 0 Å². The van der Waals surface area contributed by atoms with Crippen molar-refractivity contribution >= 4 is 7.26 Å². The zero-order chi connectivity index (χ0) is 8.08. The molecule has 9 heavy (non-hydrogen) atoms. The summed E-state index contributed by atoms with van der Waals surface area (Å²) in [5.41, 5.74) is 0. The average Bonchev–Trinajstić information content (AvgIpc) is 1.19. The van der Waals surface area contributed by atoms with Gasteiger partial charge >= 0.3 is 6.68 Å². The lowest BCUT2D eigenvalue weighted by molar-refractivity contribution is 0.00819. The van der Waals surface area contributed by atoms with E-state index in [0.717, 1.165) is 0 Å². The Bertz CT molecular complexity index is 49.0. The molecule has 0 unspecified atom stereocenters. The van der Waals surface area contributed by atoms with Crippen molar-refractivity contribution in [3.63, 3.8) is 0 Å². The quantitative estimate of drug-likeness (QED) is 0.479. The van der Waals surface area contributed by atoms with Crippen LogP contribution in [-0.2, 0) is 0 Å². The highest BCUT2D eigenvalue weighted by molar-refractivity contribution is 7.72. The highest BCUT2D eigenvalue weighted by atomic mass is 31.2. The second kappa shape index (κ2) is 5.04. The molecule has 0 aromatic heterocycles. The van der Waals surface area contributed by atoms with Crippen LogP contribution in [0.2, 0.25) is 0 Å². The van der Waals surface area contributed by atoms with Crippen molar-refractivity contribution in [2.45, 2.75) is 6.68 Å². The first-order valence-electron chi connectivity index (χ1n) is 2.44. The molecular formula is C5H13F3P. The van der Waals surface area contributed by atoms with Gasteiger partial charge in [0.15, 0.2) is 0 Å². The Morgan fingerprint density at radius 3 is 0.889 bits per heavy atom. The number of halogens is 3. The van der Waals surface area contributed by atoms with Gasteiger partial charge in [0.05, 0.1) is 0 Å². The van der Waals surface area contributed by atoms with Gasteiger partial charge in [-0.1, -0.05) is 0 Å². The van der Waals surface area contributed by atoms with E-state index in [1.165, 1.54) is 0 Å².